The van der Waals surface area contributed by atoms with Crippen LogP contribution in [-0.4, -0.2) is 34.1 Å². The SMILES string of the molecule is C=C1/C(=C\C=C(/C)C2=CCNCC2)c2c(C)nnn2CC[C@@H]1Nc1cccc(Cl)c1. The minimum Gasteiger partial charge on any atom is -0.378 e. The topological polar surface area (TPSA) is 54.8 Å². The highest BCUT2D eigenvalue weighted by molar-refractivity contribution is 6.30. The molecule has 3 heterocycles. The van der Waals surface area contributed by atoms with Gasteiger partial charge < -0.3 is 10.6 Å². The molecule has 0 unspecified atom stereocenters. The van der Waals surface area contributed by atoms with E-state index in [1.54, 1.807) is 0 Å². The van der Waals surface area contributed by atoms with Gasteiger partial charge in [0, 0.05) is 29.4 Å². The average Bonchev–Trinajstić information content (AvgIpc) is 3.05. The molecule has 0 bridgehead atoms. The minimum atomic E-state index is 0.0858. The second-order valence-electron chi connectivity index (χ2n) is 7.88. The lowest BCUT2D eigenvalue weighted by atomic mass is 9.94. The third kappa shape index (κ3) is 4.42. The first-order valence-corrected chi connectivity index (χ1v) is 10.8. The Kier molecular flexibility index (Phi) is 6.21. The summed E-state index contributed by atoms with van der Waals surface area (Å²) in [6, 6.07) is 7.91. The Morgan fingerprint density at radius 2 is 2.27 bits per heavy atom. The summed E-state index contributed by atoms with van der Waals surface area (Å²) in [5, 5.41) is 16.4. The van der Waals surface area contributed by atoms with E-state index in [9.17, 15) is 0 Å². The third-order valence-electron chi connectivity index (χ3n) is 5.79. The van der Waals surface area contributed by atoms with Crippen LogP contribution in [0.4, 0.5) is 5.69 Å². The van der Waals surface area contributed by atoms with E-state index in [0.29, 0.717) is 0 Å². The van der Waals surface area contributed by atoms with Crippen molar-refractivity contribution in [2.45, 2.75) is 39.3 Å². The summed E-state index contributed by atoms with van der Waals surface area (Å²) in [6.07, 6.45) is 8.59. The van der Waals surface area contributed by atoms with Gasteiger partial charge in [-0.15, -0.1) is 5.10 Å². The van der Waals surface area contributed by atoms with E-state index in [0.717, 1.165) is 65.7 Å². The van der Waals surface area contributed by atoms with E-state index >= 15 is 0 Å². The molecule has 0 radical (unpaired) electrons. The van der Waals surface area contributed by atoms with Crippen LogP contribution in [0.15, 0.2) is 65.8 Å². The molecule has 0 saturated heterocycles. The van der Waals surface area contributed by atoms with Crippen LogP contribution >= 0.6 is 11.6 Å². The van der Waals surface area contributed by atoms with Crippen molar-refractivity contribution in [3.8, 4) is 0 Å². The number of hydrogen-bond donors (Lipinski definition) is 2. The number of nitrogens with one attached hydrogen (secondary N) is 2. The summed E-state index contributed by atoms with van der Waals surface area (Å²) >= 11 is 6.18. The van der Waals surface area contributed by atoms with Gasteiger partial charge in [-0.1, -0.05) is 47.7 Å². The fourth-order valence-electron chi connectivity index (χ4n) is 4.08. The van der Waals surface area contributed by atoms with Crippen molar-refractivity contribution in [3.63, 3.8) is 0 Å². The monoisotopic (exact) mass is 421 g/mol. The molecule has 0 aliphatic carbocycles. The number of anilines is 1. The molecule has 2 N–H and O–H groups in total. The number of fused-ring (bicyclic) bond motifs is 1. The number of aromatic nitrogens is 3. The van der Waals surface area contributed by atoms with Gasteiger partial charge in [0.15, 0.2) is 0 Å². The number of hydrogen-bond acceptors (Lipinski definition) is 4. The van der Waals surface area contributed by atoms with Crippen molar-refractivity contribution >= 4 is 22.9 Å². The second kappa shape index (κ2) is 9.02. The van der Waals surface area contributed by atoms with Crippen molar-refractivity contribution in [3.05, 3.63) is 82.2 Å². The van der Waals surface area contributed by atoms with Crippen molar-refractivity contribution < 1.29 is 0 Å². The standard InChI is InChI=1S/C24H28ClN5/c1-16(19-9-12-26-13-10-19)7-8-22-17(2)23(27-21-6-4-5-20(25)15-21)11-14-30-24(22)18(3)28-29-30/h4-9,15,23,26-27H,2,10-14H2,1,3H3/b16-7+,22-8+/t23-/m0/s1. The normalized spacial score (nSPS) is 21.2. The largest absolute Gasteiger partial charge is 0.378 e. The molecule has 2 aliphatic heterocycles. The van der Waals surface area contributed by atoms with Crippen molar-refractivity contribution in [2.24, 2.45) is 0 Å². The van der Waals surface area contributed by atoms with Crippen LogP contribution in [0, 0.1) is 6.92 Å². The Labute approximate surface area is 183 Å². The number of allylic oxidation sites excluding steroid dienone is 3. The molecule has 30 heavy (non-hydrogen) atoms. The van der Waals surface area contributed by atoms with E-state index in [4.69, 9.17) is 11.6 Å². The fraction of sp³-hybridized carbons (Fsp3) is 0.333. The first-order valence-electron chi connectivity index (χ1n) is 10.4. The zero-order valence-electron chi connectivity index (χ0n) is 17.6. The number of nitrogens with zero attached hydrogens (tertiary/aromatic N) is 3. The molecule has 1 aromatic heterocycles. The van der Waals surface area contributed by atoms with Gasteiger partial charge in [-0.25, -0.2) is 4.68 Å². The van der Waals surface area contributed by atoms with Gasteiger partial charge in [0.05, 0.1) is 17.4 Å². The van der Waals surface area contributed by atoms with Crippen molar-refractivity contribution in [1.29, 1.82) is 0 Å². The molecule has 6 heteroatoms. The number of rotatable bonds is 4. The van der Waals surface area contributed by atoms with Gasteiger partial charge >= 0.3 is 0 Å². The summed E-state index contributed by atoms with van der Waals surface area (Å²) in [6.45, 7) is 11.4. The van der Waals surface area contributed by atoms with Gasteiger partial charge in [-0.2, -0.15) is 0 Å². The van der Waals surface area contributed by atoms with Gasteiger partial charge in [0.1, 0.15) is 0 Å². The van der Waals surface area contributed by atoms with Crippen LogP contribution in [0.2, 0.25) is 5.02 Å². The third-order valence-corrected chi connectivity index (χ3v) is 6.03. The first kappa shape index (κ1) is 20.6. The smallest absolute Gasteiger partial charge is 0.0918 e. The van der Waals surface area contributed by atoms with Crippen LogP contribution in [0.25, 0.3) is 5.57 Å². The quantitative estimate of drug-likeness (QED) is 0.734. The van der Waals surface area contributed by atoms with Crippen LogP contribution in [0.3, 0.4) is 0 Å². The minimum absolute atomic E-state index is 0.0858. The molecular formula is C24H28ClN5. The van der Waals surface area contributed by atoms with Crippen molar-refractivity contribution in [2.75, 3.05) is 18.4 Å². The fourth-order valence-corrected chi connectivity index (χ4v) is 4.27. The zero-order chi connectivity index (χ0) is 21.1. The second-order valence-corrected chi connectivity index (χ2v) is 8.32. The molecule has 2 aromatic rings. The summed E-state index contributed by atoms with van der Waals surface area (Å²) in [7, 11) is 0. The van der Waals surface area contributed by atoms with Gasteiger partial charge in [-0.3, -0.25) is 0 Å². The summed E-state index contributed by atoms with van der Waals surface area (Å²) in [5.41, 5.74) is 7.80. The lowest BCUT2D eigenvalue weighted by molar-refractivity contribution is 0.548. The number of aryl methyl sites for hydroxylation is 2. The Morgan fingerprint density at radius 1 is 1.40 bits per heavy atom. The van der Waals surface area contributed by atoms with E-state index in [2.05, 4.69) is 52.7 Å². The van der Waals surface area contributed by atoms with Crippen molar-refractivity contribution in [1.82, 2.24) is 20.3 Å². The summed E-state index contributed by atoms with van der Waals surface area (Å²) in [5.74, 6) is 0. The maximum absolute atomic E-state index is 6.18. The Hall–Kier alpha value is -2.63. The number of benzene rings is 1. The Morgan fingerprint density at radius 3 is 3.03 bits per heavy atom. The predicted octanol–water partition coefficient (Wildman–Crippen LogP) is 4.93. The Balaban J connectivity index is 1.68. The molecule has 0 saturated carbocycles. The van der Waals surface area contributed by atoms with Crippen LogP contribution in [0.5, 0.6) is 0 Å². The molecule has 1 atom stereocenters. The van der Waals surface area contributed by atoms with Gasteiger partial charge in [-0.05, 0) is 68.2 Å². The molecule has 0 fully saturated rings. The van der Waals surface area contributed by atoms with E-state index in [-0.39, 0.29) is 6.04 Å². The van der Waals surface area contributed by atoms with Gasteiger partial charge in [0.25, 0.3) is 0 Å². The Bertz CT molecular complexity index is 1040. The highest BCUT2D eigenvalue weighted by Crippen LogP contribution is 2.33. The molecule has 5 nitrogen and oxygen atoms in total. The van der Waals surface area contributed by atoms with Crippen LogP contribution in [0.1, 0.15) is 31.2 Å². The van der Waals surface area contributed by atoms with E-state index in [1.165, 1.54) is 11.1 Å². The molecule has 1 aromatic carbocycles. The average molecular weight is 422 g/mol. The lowest BCUT2D eigenvalue weighted by Crippen LogP contribution is -2.22. The maximum atomic E-state index is 6.18. The molecule has 2 aliphatic rings. The molecule has 156 valence electrons. The van der Waals surface area contributed by atoms with Crippen LogP contribution in [-0.2, 0) is 6.54 Å². The highest BCUT2D eigenvalue weighted by Gasteiger charge is 2.26. The predicted molar refractivity (Wildman–Crippen MR) is 125 cm³/mol. The van der Waals surface area contributed by atoms with Gasteiger partial charge in [0.2, 0.25) is 0 Å². The highest BCUT2D eigenvalue weighted by atomic mass is 35.5. The lowest BCUT2D eigenvalue weighted by Gasteiger charge is -2.21. The van der Waals surface area contributed by atoms with E-state index < -0.39 is 0 Å². The zero-order valence-corrected chi connectivity index (χ0v) is 18.3. The molecule has 0 spiro atoms. The molecule has 0 amide bonds. The van der Waals surface area contributed by atoms with E-state index in [1.807, 2.05) is 35.9 Å². The number of halogens is 1. The van der Waals surface area contributed by atoms with Crippen LogP contribution < -0.4 is 10.6 Å². The summed E-state index contributed by atoms with van der Waals surface area (Å²) < 4.78 is 2.00. The first-order chi connectivity index (χ1) is 14.5. The molecular weight excluding hydrogens is 394 g/mol. The summed E-state index contributed by atoms with van der Waals surface area (Å²) in [4.78, 5) is 0. The maximum Gasteiger partial charge on any atom is 0.0918 e. The molecule has 4 rings (SSSR count).